The smallest absolute Gasteiger partial charge is 0.321 e. The van der Waals surface area contributed by atoms with Crippen LogP contribution in [0.25, 0.3) is 0 Å². The molecule has 1 unspecified atom stereocenters. The number of rotatable bonds is 1. The predicted molar refractivity (Wildman–Crippen MR) is 52.4 cm³/mol. The second-order valence-corrected chi connectivity index (χ2v) is 3.74. The predicted octanol–water partition coefficient (Wildman–Crippen LogP) is 1.60. The Balaban J connectivity index is 2.38. The number of ether oxygens (including phenoxy) is 1. The first-order chi connectivity index (χ1) is 7.08. The molecule has 2 rings (SSSR count). The third-order valence-electron chi connectivity index (χ3n) is 2.26. The molecule has 1 fully saturated rings. The monoisotopic (exact) mass is 225 g/mol. The molecule has 1 saturated heterocycles. The first kappa shape index (κ1) is 10.1. The van der Waals surface area contributed by atoms with Crippen LogP contribution in [0.5, 0.6) is 0 Å². The van der Waals surface area contributed by atoms with E-state index in [1.165, 1.54) is 0 Å². The minimum atomic E-state index is -0.599. The third kappa shape index (κ3) is 1.85. The summed E-state index contributed by atoms with van der Waals surface area (Å²) in [5, 5.41) is 0.256. The fourth-order valence-corrected chi connectivity index (χ4v) is 1.84. The molecule has 1 aromatic rings. The zero-order valence-electron chi connectivity index (χ0n) is 7.99. The summed E-state index contributed by atoms with van der Waals surface area (Å²) in [6.45, 7) is 1.80. The Hall–Kier alpha value is -1.42. The van der Waals surface area contributed by atoms with E-state index in [4.69, 9.17) is 11.6 Å². The number of cyclic esters (lactones) is 2. The third-order valence-corrected chi connectivity index (χ3v) is 2.56. The summed E-state index contributed by atoms with van der Waals surface area (Å²) >= 11 is 5.89. The number of aromatic nitrogens is 1. The molecule has 0 aliphatic carbocycles. The molecule has 1 aromatic heterocycles. The van der Waals surface area contributed by atoms with Gasteiger partial charge in [0.25, 0.3) is 0 Å². The Morgan fingerprint density at radius 2 is 2.20 bits per heavy atom. The number of carbonyl (C=O) groups is 2. The molecule has 5 heteroatoms. The van der Waals surface area contributed by atoms with Crippen molar-refractivity contribution in [3.05, 3.63) is 28.5 Å². The Morgan fingerprint density at radius 3 is 2.73 bits per heavy atom. The maximum atomic E-state index is 11.3. The molecule has 15 heavy (non-hydrogen) atoms. The molecule has 1 atom stereocenters. The van der Waals surface area contributed by atoms with E-state index in [9.17, 15) is 9.59 Å². The van der Waals surface area contributed by atoms with E-state index >= 15 is 0 Å². The highest BCUT2D eigenvalue weighted by molar-refractivity contribution is 6.30. The number of esters is 2. The molecule has 78 valence electrons. The number of carbonyl (C=O) groups excluding carboxylic acids is 2. The van der Waals surface area contributed by atoms with Gasteiger partial charge in [-0.15, -0.1) is 0 Å². The van der Waals surface area contributed by atoms with Crippen LogP contribution in [-0.4, -0.2) is 16.9 Å². The van der Waals surface area contributed by atoms with Crippen molar-refractivity contribution in [2.24, 2.45) is 0 Å². The summed E-state index contributed by atoms with van der Waals surface area (Å²) in [7, 11) is 0. The molecule has 4 nitrogen and oxygen atoms in total. The van der Waals surface area contributed by atoms with Crippen LogP contribution < -0.4 is 0 Å². The van der Waals surface area contributed by atoms with Gasteiger partial charge in [0.05, 0.1) is 12.3 Å². The molecule has 2 heterocycles. The van der Waals surface area contributed by atoms with Crippen molar-refractivity contribution in [3.63, 3.8) is 0 Å². The van der Waals surface area contributed by atoms with Gasteiger partial charge >= 0.3 is 11.9 Å². The normalized spacial score (nSPS) is 20.5. The summed E-state index contributed by atoms with van der Waals surface area (Å²) < 4.78 is 4.45. The average Bonchev–Trinajstić information content (AvgIpc) is 2.45. The van der Waals surface area contributed by atoms with Gasteiger partial charge in [0.1, 0.15) is 5.15 Å². The lowest BCUT2D eigenvalue weighted by molar-refractivity contribution is -0.152. The van der Waals surface area contributed by atoms with E-state index in [1.807, 2.05) is 0 Å². The standard InChI is InChI=1S/C10H8ClNO3/c1-5-2-3-6(9(11)12-5)7-4-8(13)15-10(7)14/h2-3,7H,4H2,1H3. The highest BCUT2D eigenvalue weighted by atomic mass is 35.5. The van der Waals surface area contributed by atoms with Gasteiger partial charge in [-0.05, 0) is 13.0 Å². The first-order valence-electron chi connectivity index (χ1n) is 4.45. The maximum Gasteiger partial charge on any atom is 0.321 e. The number of aryl methyl sites for hydroxylation is 1. The second kappa shape index (κ2) is 3.62. The van der Waals surface area contributed by atoms with Crippen LogP contribution >= 0.6 is 11.6 Å². The summed E-state index contributed by atoms with van der Waals surface area (Å²) in [5.41, 5.74) is 1.32. The van der Waals surface area contributed by atoms with Gasteiger partial charge < -0.3 is 4.74 Å². The fourth-order valence-electron chi connectivity index (χ4n) is 1.51. The number of nitrogens with zero attached hydrogens (tertiary/aromatic N) is 1. The topological polar surface area (TPSA) is 56.3 Å². The zero-order chi connectivity index (χ0) is 11.0. The molecule has 0 saturated carbocycles. The van der Waals surface area contributed by atoms with Gasteiger partial charge in [-0.25, -0.2) is 4.98 Å². The largest absolute Gasteiger partial charge is 0.393 e. The van der Waals surface area contributed by atoms with E-state index < -0.39 is 17.9 Å². The molecule has 0 amide bonds. The van der Waals surface area contributed by atoms with E-state index in [2.05, 4.69) is 9.72 Å². The Labute approximate surface area is 91.2 Å². The highest BCUT2D eigenvalue weighted by Crippen LogP contribution is 2.31. The Morgan fingerprint density at radius 1 is 1.47 bits per heavy atom. The molecular weight excluding hydrogens is 218 g/mol. The zero-order valence-corrected chi connectivity index (χ0v) is 8.75. The lowest BCUT2D eigenvalue weighted by Gasteiger charge is -2.06. The van der Waals surface area contributed by atoms with Gasteiger partial charge in [-0.2, -0.15) is 0 Å². The lowest BCUT2D eigenvalue weighted by atomic mass is 9.99. The molecule has 0 N–H and O–H groups in total. The van der Waals surface area contributed by atoms with Crippen molar-refractivity contribution in [2.75, 3.05) is 0 Å². The number of hydrogen-bond acceptors (Lipinski definition) is 4. The van der Waals surface area contributed by atoms with Crippen LogP contribution in [0.3, 0.4) is 0 Å². The van der Waals surface area contributed by atoms with Crippen LogP contribution in [-0.2, 0) is 14.3 Å². The highest BCUT2D eigenvalue weighted by Gasteiger charge is 2.36. The van der Waals surface area contributed by atoms with Crippen molar-refractivity contribution in [2.45, 2.75) is 19.3 Å². The Bertz CT molecular complexity index is 444. The van der Waals surface area contributed by atoms with Crippen LogP contribution in [0.1, 0.15) is 23.6 Å². The van der Waals surface area contributed by atoms with Crippen LogP contribution in [0, 0.1) is 6.92 Å². The lowest BCUT2D eigenvalue weighted by Crippen LogP contribution is -2.07. The van der Waals surface area contributed by atoms with E-state index in [-0.39, 0.29) is 11.6 Å². The van der Waals surface area contributed by atoms with E-state index in [0.717, 1.165) is 5.69 Å². The van der Waals surface area contributed by atoms with Crippen molar-refractivity contribution >= 4 is 23.5 Å². The van der Waals surface area contributed by atoms with Crippen molar-refractivity contribution in [1.29, 1.82) is 0 Å². The van der Waals surface area contributed by atoms with E-state index in [0.29, 0.717) is 5.56 Å². The van der Waals surface area contributed by atoms with Gasteiger partial charge in [0, 0.05) is 11.3 Å². The minimum absolute atomic E-state index is 0.0449. The number of hydrogen-bond donors (Lipinski definition) is 0. The van der Waals surface area contributed by atoms with Gasteiger partial charge in [-0.3, -0.25) is 9.59 Å². The van der Waals surface area contributed by atoms with Gasteiger partial charge in [-0.1, -0.05) is 17.7 Å². The first-order valence-corrected chi connectivity index (χ1v) is 4.83. The van der Waals surface area contributed by atoms with Gasteiger partial charge in [0.2, 0.25) is 0 Å². The quantitative estimate of drug-likeness (QED) is 0.414. The van der Waals surface area contributed by atoms with Crippen molar-refractivity contribution < 1.29 is 14.3 Å². The molecule has 1 aliphatic heterocycles. The number of halogens is 1. The summed E-state index contributed by atoms with van der Waals surface area (Å²) in [6.07, 6.45) is 0.0449. The summed E-state index contributed by atoms with van der Waals surface area (Å²) in [4.78, 5) is 26.2. The van der Waals surface area contributed by atoms with Gasteiger partial charge in [0.15, 0.2) is 0 Å². The Kier molecular flexibility index (Phi) is 2.44. The summed E-state index contributed by atoms with van der Waals surface area (Å²) in [6, 6.07) is 3.45. The summed E-state index contributed by atoms with van der Waals surface area (Å²) in [5.74, 6) is -1.66. The second-order valence-electron chi connectivity index (χ2n) is 3.38. The SMILES string of the molecule is Cc1ccc(C2CC(=O)OC2=O)c(Cl)n1. The number of pyridine rings is 1. The van der Waals surface area contributed by atoms with Crippen molar-refractivity contribution in [1.82, 2.24) is 4.98 Å². The maximum absolute atomic E-state index is 11.3. The van der Waals surface area contributed by atoms with Crippen LogP contribution in [0.15, 0.2) is 12.1 Å². The molecule has 0 radical (unpaired) electrons. The fraction of sp³-hybridized carbons (Fsp3) is 0.300. The average molecular weight is 226 g/mol. The molecule has 1 aliphatic rings. The molecule has 0 aromatic carbocycles. The van der Waals surface area contributed by atoms with Crippen molar-refractivity contribution in [3.8, 4) is 0 Å². The molecule has 0 bridgehead atoms. The molecule has 0 spiro atoms. The van der Waals surface area contributed by atoms with Crippen LogP contribution in [0.2, 0.25) is 5.15 Å². The molecular formula is C10H8ClNO3. The minimum Gasteiger partial charge on any atom is -0.393 e. The van der Waals surface area contributed by atoms with Crippen LogP contribution in [0.4, 0.5) is 0 Å². The van der Waals surface area contributed by atoms with E-state index in [1.54, 1.807) is 19.1 Å².